The topological polar surface area (TPSA) is 79.5 Å². The molecular formula is C16H15N3O3S. The van der Waals surface area contributed by atoms with Crippen molar-refractivity contribution in [3.63, 3.8) is 0 Å². The van der Waals surface area contributed by atoms with E-state index in [9.17, 15) is 9.90 Å². The first-order valence-corrected chi connectivity index (χ1v) is 8.21. The van der Waals surface area contributed by atoms with Crippen molar-refractivity contribution in [3.05, 3.63) is 46.9 Å². The summed E-state index contributed by atoms with van der Waals surface area (Å²) in [6.07, 6.45) is -0.163. The third-order valence-corrected chi connectivity index (χ3v) is 5.11. The minimum Gasteiger partial charge on any atom is -0.391 e. The van der Waals surface area contributed by atoms with E-state index < -0.39 is 6.10 Å². The Morgan fingerprint density at radius 3 is 3.00 bits per heavy atom. The molecule has 1 aliphatic rings. The van der Waals surface area contributed by atoms with Gasteiger partial charge in [0.1, 0.15) is 6.04 Å². The molecule has 0 radical (unpaired) electrons. The molecule has 1 aliphatic heterocycles. The standard InChI is InChI=1S/C16H15N3O3S/c1-9-17-15(22-18-9)12-7-11(20)8-19(12)16(21)14-6-10-4-2-3-5-13(10)23-14/h2-6,11-12,20H,7-8H2,1H3/t11-,12+/m0/s1. The number of carbonyl (C=O) groups is 1. The van der Waals surface area contributed by atoms with Crippen LogP contribution in [0.15, 0.2) is 34.9 Å². The van der Waals surface area contributed by atoms with Crippen LogP contribution in [0.2, 0.25) is 0 Å². The van der Waals surface area contributed by atoms with Crippen molar-refractivity contribution in [1.29, 1.82) is 0 Å². The van der Waals surface area contributed by atoms with Crippen LogP contribution in [0, 0.1) is 6.92 Å². The van der Waals surface area contributed by atoms with Crippen molar-refractivity contribution in [2.75, 3.05) is 6.54 Å². The summed E-state index contributed by atoms with van der Waals surface area (Å²) in [6.45, 7) is 2.01. The molecule has 0 aliphatic carbocycles. The number of β-amino-alcohol motifs (C(OH)–C–C–N with tert-alkyl or cyclic N) is 1. The number of likely N-dealkylation sites (tertiary alicyclic amines) is 1. The number of aryl methyl sites for hydroxylation is 1. The van der Waals surface area contributed by atoms with Crippen molar-refractivity contribution < 1.29 is 14.4 Å². The molecule has 23 heavy (non-hydrogen) atoms. The highest BCUT2D eigenvalue weighted by Gasteiger charge is 2.39. The van der Waals surface area contributed by atoms with E-state index in [1.54, 1.807) is 11.8 Å². The predicted molar refractivity (Wildman–Crippen MR) is 85.3 cm³/mol. The van der Waals surface area contributed by atoms with E-state index in [-0.39, 0.29) is 18.5 Å². The maximum Gasteiger partial charge on any atom is 0.264 e. The van der Waals surface area contributed by atoms with Gasteiger partial charge in [-0.25, -0.2) is 0 Å². The monoisotopic (exact) mass is 329 g/mol. The molecule has 1 aromatic carbocycles. The lowest BCUT2D eigenvalue weighted by atomic mass is 10.2. The number of aliphatic hydroxyl groups is 1. The predicted octanol–water partition coefficient (Wildman–Crippen LogP) is 2.54. The number of hydrogen-bond donors (Lipinski definition) is 1. The normalized spacial score (nSPS) is 21.2. The molecule has 1 amide bonds. The van der Waals surface area contributed by atoms with Gasteiger partial charge in [-0.05, 0) is 24.4 Å². The maximum absolute atomic E-state index is 12.9. The molecule has 118 valence electrons. The Labute approximate surface area is 136 Å². The van der Waals surface area contributed by atoms with E-state index in [0.717, 1.165) is 10.1 Å². The molecule has 3 aromatic rings. The van der Waals surface area contributed by atoms with E-state index >= 15 is 0 Å². The molecule has 0 unspecified atom stereocenters. The number of carbonyl (C=O) groups excluding carboxylic acids is 1. The van der Waals surface area contributed by atoms with Crippen molar-refractivity contribution in [3.8, 4) is 0 Å². The van der Waals surface area contributed by atoms with Crippen LogP contribution in [0.25, 0.3) is 10.1 Å². The van der Waals surface area contributed by atoms with Crippen LogP contribution < -0.4 is 0 Å². The first-order chi connectivity index (χ1) is 11.1. The van der Waals surface area contributed by atoms with Gasteiger partial charge in [-0.1, -0.05) is 23.4 Å². The number of benzene rings is 1. The van der Waals surface area contributed by atoms with Crippen LogP contribution >= 0.6 is 11.3 Å². The van der Waals surface area contributed by atoms with Gasteiger partial charge in [-0.3, -0.25) is 4.79 Å². The second-order valence-electron chi connectivity index (χ2n) is 5.69. The zero-order valence-electron chi connectivity index (χ0n) is 12.5. The lowest BCUT2D eigenvalue weighted by Crippen LogP contribution is -2.31. The zero-order valence-corrected chi connectivity index (χ0v) is 13.3. The molecule has 0 bridgehead atoms. The lowest BCUT2D eigenvalue weighted by molar-refractivity contribution is 0.0698. The van der Waals surface area contributed by atoms with Gasteiger partial charge < -0.3 is 14.5 Å². The molecule has 7 heteroatoms. The molecule has 2 atom stereocenters. The summed E-state index contributed by atoms with van der Waals surface area (Å²) in [7, 11) is 0. The second kappa shape index (κ2) is 5.43. The third kappa shape index (κ3) is 2.51. The van der Waals surface area contributed by atoms with Crippen LogP contribution in [-0.2, 0) is 0 Å². The molecule has 0 saturated carbocycles. The first-order valence-electron chi connectivity index (χ1n) is 7.39. The lowest BCUT2D eigenvalue weighted by Gasteiger charge is -2.20. The molecule has 3 heterocycles. The van der Waals surface area contributed by atoms with Gasteiger partial charge in [-0.2, -0.15) is 4.98 Å². The maximum atomic E-state index is 12.9. The molecule has 1 N–H and O–H groups in total. The highest BCUT2D eigenvalue weighted by Crippen LogP contribution is 2.34. The van der Waals surface area contributed by atoms with Gasteiger partial charge in [0.25, 0.3) is 5.91 Å². The van der Waals surface area contributed by atoms with Gasteiger partial charge in [-0.15, -0.1) is 11.3 Å². The summed E-state index contributed by atoms with van der Waals surface area (Å²) < 4.78 is 6.28. The molecular weight excluding hydrogens is 314 g/mol. The van der Waals surface area contributed by atoms with E-state index in [1.807, 2.05) is 30.3 Å². The zero-order chi connectivity index (χ0) is 16.0. The van der Waals surface area contributed by atoms with Gasteiger partial charge >= 0.3 is 0 Å². The quantitative estimate of drug-likeness (QED) is 0.781. The van der Waals surface area contributed by atoms with Crippen molar-refractivity contribution in [2.45, 2.75) is 25.5 Å². The third-order valence-electron chi connectivity index (χ3n) is 4.00. The number of nitrogens with zero attached hydrogens (tertiary/aromatic N) is 3. The van der Waals surface area contributed by atoms with Gasteiger partial charge in [0.2, 0.25) is 5.89 Å². The molecule has 4 rings (SSSR count). The number of fused-ring (bicyclic) bond motifs is 1. The average molecular weight is 329 g/mol. The van der Waals surface area contributed by atoms with Gasteiger partial charge in [0.05, 0.1) is 11.0 Å². The molecule has 2 aromatic heterocycles. The summed E-state index contributed by atoms with van der Waals surface area (Å²) in [5.74, 6) is 0.799. The SMILES string of the molecule is Cc1noc([C@H]2C[C@H](O)CN2C(=O)c2cc3ccccc3s2)n1. The van der Waals surface area contributed by atoms with Crippen LogP contribution in [-0.4, -0.2) is 38.7 Å². The largest absolute Gasteiger partial charge is 0.391 e. The minimum atomic E-state index is -0.578. The summed E-state index contributed by atoms with van der Waals surface area (Å²) in [6, 6.07) is 9.41. The van der Waals surface area contributed by atoms with Crippen molar-refractivity contribution >= 4 is 27.3 Å². The number of thiophene rings is 1. The number of aliphatic hydroxyl groups excluding tert-OH is 1. The van der Waals surface area contributed by atoms with Gasteiger partial charge in [0, 0.05) is 17.7 Å². The molecule has 1 saturated heterocycles. The van der Waals surface area contributed by atoms with Crippen LogP contribution in [0.1, 0.15) is 33.8 Å². The fourth-order valence-electron chi connectivity index (χ4n) is 2.95. The summed E-state index contributed by atoms with van der Waals surface area (Å²) >= 11 is 1.46. The molecule has 6 nitrogen and oxygen atoms in total. The fraction of sp³-hybridized carbons (Fsp3) is 0.312. The van der Waals surface area contributed by atoms with E-state index in [4.69, 9.17) is 4.52 Å². The Kier molecular flexibility index (Phi) is 3.39. The van der Waals surface area contributed by atoms with Crippen molar-refractivity contribution in [2.24, 2.45) is 0 Å². The Hall–Kier alpha value is -2.25. The number of hydrogen-bond acceptors (Lipinski definition) is 6. The average Bonchev–Trinajstić information content (AvgIpc) is 3.23. The highest BCUT2D eigenvalue weighted by molar-refractivity contribution is 7.20. The fourth-order valence-corrected chi connectivity index (χ4v) is 3.97. The number of amides is 1. The molecule has 1 fully saturated rings. The highest BCUT2D eigenvalue weighted by atomic mass is 32.1. The van der Waals surface area contributed by atoms with Crippen LogP contribution in [0.4, 0.5) is 0 Å². The number of rotatable bonds is 2. The Bertz CT molecular complexity index is 839. The summed E-state index contributed by atoms with van der Waals surface area (Å²) in [5.41, 5.74) is 0. The van der Waals surface area contributed by atoms with Crippen LogP contribution in [0.3, 0.4) is 0 Å². The summed E-state index contributed by atoms with van der Waals surface area (Å²) in [5, 5.41) is 14.8. The molecule has 0 spiro atoms. The summed E-state index contributed by atoms with van der Waals surface area (Å²) in [4.78, 5) is 19.4. The van der Waals surface area contributed by atoms with Gasteiger partial charge in [0.15, 0.2) is 5.82 Å². The first kappa shape index (κ1) is 14.3. The van der Waals surface area contributed by atoms with E-state index in [1.165, 1.54) is 11.3 Å². The van der Waals surface area contributed by atoms with E-state index in [2.05, 4.69) is 10.1 Å². The minimum absolute atomic E-state index is 0.108. The Morgan fingerprint density at radius 2 is 2.26 bits per heavy atom. The van der Waals surface area contributed by atoms with Crippen molar-refractivity contribution in [1.82, 2.24) is 15.0 Å². The number of aromatic nitrogens is 2. The smallest absolute Gasteiger partial charge is 0.264 e. The second-order valence-corrected chi connectivity index (χ2v) is 6.77. The Morgan fingerprint density at radius 1 is 1.43 bits per heavy atom. The van der Waals surface area contributed by atoms with E-state index in [0.29, 0.717) is 23.0 Å². The Balaban J connectivity index is 1.68. The van der Waals surface area contributed by atoms with Crippen LogP contribution in [0.5, 0.6) is 0 Å².